The maximum absolute atomic E-state index is 13.5. The van der Waals surface area contributed by atoms with Crippen molar-refractivity contribution in [3.05, 3.63) is 62.7 Å². The Morgan fingerprint density at radius 3 is 2.96 bits per heavy atom. The Balaban J connectivity index is 1.43. The Labute approximate surface area is 157 Å². The first-order chi connectivity index (χ1) is 13.3. The third-order valence-corrected chi connectivity index (χ3v) is 5.73. The Bertz CT molecular complexity index is 1050. The van der Waals surface area contributed by atoms with Gasteiger partial charge in [0.2, 0.25) is 5.82 Å². The Morgan fingerprint density at radius 1 is 1.36 bits per heavy atom. The van der Waals surface area contributed by atoms with Crippen LogP contribution in [0.15, 0.2) is 40.1 Å². The molecule has 4 rings (SSSR count). The maximum Gasteiger partial charge on any atom is 0.530 e. The summed E-state index contributed by atoms with van der Waals surface area (Å²) in [7, 11) is -3.91. The van der Waals surface area contributed by atoms with E-state index in [2.05, 4.69) is 0 Å². The van der Waals surface area contributed by atoms with Gasteiger partial charge in [0.25, 0.3) is 5.56 Å². The number of benzene rings is 1. The number of hydrogen-bond acceptors (Lipinski definition) is 8. The molecule has 1 aromatic carbocycles. The molecule has 0 amide bonds. The van der Waals surface area contributed by atoms with Gasteiger partial charge < -0.3 is 14.4 Å². The molecule has 0 bridgehead atoms. The molecule has 2 aliphatic rings. The second-order valence-electron chi connectivity index (χ2n) is 6.29. The molecular weight excluding hydrogens is 398 g/mol. The third-order valence-electron chi connectivity index (χ3n) is 4.40. The van der Waals surface area contributed by atoms with Crippen LogP contribution in [0.1, 0.15) is 18.2 Å². The van der Waals surface area contributed by atoms with Crippen molar-refractivity contribution in [2.75, 3.05) is 6.61 Å². The highest BCUT2D eigenvalue weighted by Crippen LogP contribution is 2.54. The highest BCUT2D eigenvalue weighted by Gasteiger charge is 2.40. The number of aromatic nitrogens is 2. The fourth-order valence-corrected chi connectivity index (χ4v) is 4.17. The predicted molar refractivity (Wildman–Crippen MR) is 91.2 cm³/mol. The fourth-order valence-electron chi connectivity index (χ4n) is 2.95. The van der Waals surface area contributed by atoms with Gasteiger partial charge in [-0.05, 0) is 6.07 Å². The molecule has 1 aromatic heterocycles. The highest BCUT2D eigenvalue weighted by atomic mass is 31.2. The van der Waals surface area contributed by atoms with E-state index in [4.69, 9.17) is 18.3 Å². The maximum atomic E-state index is 13.5. The number of aliphatic hydroxyl groups is 1. The van der Waals surface area contributed by atoms with Crippen molar-refractivity contribution in [3.63, 3.8) is 0 Å². The molecule has 0 spiro atoms. The van der Waals surface area contributed by atoms with Crippen molar-refractivity contribution in [1.29, 1.82) is 0 Å². The third kappa shape index (κ3) is 3.67. The molecular formula is C16H16FN2O8P. The smallest absolute Gasteiger partial charge is 0.404 e. The molecule has 0 aliphatic carbocycles. The zero-order valence-corrected chi connectivity index (χ0v) is 15.2. The fraction of sp³-hybridized carbons (Fsp3) is 0.375. The van der Waals surface area contributed by atoms with E-state index in [1.54, 1.807) is 24.3 Å². The number of nitrogens with zero attached hydrogens (tertiary/aromatic N) is 1. The van der Waals surface area contributed by atoms with Gasteiger partial charge in [0.15, 0.2) is 0 Å². The lowest BCUT2D eigenvalue weighted by molar-refractivity contribution is -0.0471. The summed E-state index contributed by atoms with van der Waals surface area (Å²) in [4.78, 5) is 24.8. The van der Waals surface area contributed by atoms with Crippen molar-refractivity contribution < 1.29 is 32.4 Å². The van der Waals surface area contributed by atoms with Gasteiger partial charge in [0.1, 0.15) is 18.1 Å². The summed E-state index contributed by atoms with van der Waals surface area (Å²) in [5.41, 5.74) is -1.31. The Hall–Kier alpha value is -2.30. The zero-order chi connectivity index (χ0) is 19.9. The van der Waals surface area contributed by atoms with Gasteiger partial charge in [-0.1, -0.05) is 18.2 Å². The van der Waals surface area contributed by atoms with E-state index >= 15 is 0 Å². The number of phosphoric ester groups is 1. The minimum atomic E-state index is -3.91. The van der Waals surface area contributed by atoms with Gasteiger partial charge in [0, 0.05) is 12.0 Å². The number of phosphoric acid groups is 1. The van der Waals surface area contributed by atoms with Crippen LogP contribution in [0, 0.1) is 5.82 Å². The van der Waals surface area contributed by atoms with Crippen LogP contribution in [0.25, 0.3) is 0 Å². The van der Waals surface area contributed by atoms with Crippen LogP contribution in [0.4, 0.5) is 4.39 Å². The van der Waals surface area contributed by atoms with Crippen molar-refractivity contribution in [3.8, 4) is 5.75 Å². The van der Waals surface area contributed by atoms with Crippen LogP contribution >= 0.6 is 7.82 Å². The second-order valence-corrected chi connectivity index (χ2v) is 7.88. The number of H-pyrrole nitrogens is 1. The normalized spacial score (nSPS) is 29.3. The number of fused-ring (bicyclic) bond motifs is 1. The van der Waals surface area contributed by atoms with Crippen LogP contribution in [0.5, 0.6) is 5.75 Å². The minimum Gasteiger partial charge on any atom is -0.404 e. The summed E-state index contributed by atoms with van der Waals surface area (Å²) in [6.07, 6.45) is -2.45. The van der Waals surface area contributed by atoms with Gasteiger partial charge in [-0.3, -0.25) is 23.4 Å². The van der Waals surface area contributed by atoms with Crippen LogP contribution in [0.3, 0.4) is 0 Å². The molecule has 12 heteroatoms. The standard InChI is InChI=1S/C16H16FN2O8P/c17-10-6-19(16(22)18-15(10)21)14-5-11(20)13(26-14)8-25-28(23)24-7-9-3-1-2-4-12(9)27-28/h1-4,6,11,13-14,20H,5,7-8H2,(H,18,21,22)/t11-,13+,14+,28?/m0/s1. The summed E-state index contributed by atoms with van der Waals surface area (Å²) in [6.45, 7) is -0.312. The lowest BCUT2D eigenvalue weighted by Crippen LogP contribution is -2.34. The largest absolute Gasteiger partial charge is 0.530 e. The summed E-state index contributed by atoms with van der Waals surface area (Å²) in [6, 6.07) is 6.88. The first kappa shape index (κ1) is 19.0. The van der Waals surface area contributed by atoms with Crippen LogP contribution in [0.2, 0.25) is 0 Å². The molecule has 0 radical (unpaired) electrons. The number of ether oxygens (including phenoxy) is 1. The average molecular weight is 414 g/mol. The molecule has 2 aromatic rings. The molecule has 28 heavy (non-hydrogen) atoms. The molecule has 3 heterocycles. The van der Waals surface area contributed by atoms with Crippen LogP contribution in [-0.4, -0.2) is 33.5 Å². The van der Waals surface area contributed by atoms with Gasteiger partial charge in [-0.25, -0.2) is 9.36 Å². The van der Waals surface area contributed by atoms with Gasteiger partial charge in [0.05, 0.1) is 25.5 Å². The lowest BCUT2D eigenvalue weighted by Gasteiger charge is -2.26. The average Bonchev–Trinajstić information content (AvgIpc) is 3.03. The van der Waals surface area contributed by atoms with E-state index in [0.29, 0.717) is 17.5 Å². The molecule has 4 atom stereocenters. The lowest BCUT2D eigenvalue weighted by atomic mass is 10.2. The van der Waals surface area contributed by atoms with Crippen molar-refractivity contribution >= 4 is 7.82 Å². The molecule has 2 N–H and O–H groups in total. The predicted octanol–water partition coefficient (Wildman–Crippen LogP) is 1.06. The topological polar surface area (TPSA) is 129 Å². The van der Waals surface area contributed by atoms with E-state index < -0.39 is 43.3 Å². The molecule has 1 fully saturated rings. The summed E-state index contributed by atoms with van der Waals surface area (Å²) < 4.78 is 48.1. The number of aromatic amines is 1. The van der Waals surface area contributed by atoms with Crippen molar-refractivity contribution in [1.82, 2.24) is 9.55 Å². The number of hydrogen-bond donors (Lipinski definition) is 2. The molecule has 1 saturated heterocycles. The Kier molecular flexibility index (Phi) is 4.94. The number of aliphatic hydroxyl groups excluding tert-OH is 1. The number of rotatable bonds is 4. The number of halogens is 1. The van der Waals surface area contributed by atoms with Crippen LogP contribution < -0.4 is 15.8 Å². The molecule has 150 valence electrons. The molecule has 1 unspecified atom stereocenters. The van der Waals surface area contributed by atoms with E-state index in [9.17, 15) is 23.7 Å². The van der Waals surface area contributed by atoms with E-state index in [1.807, 2.05) is 4.98 Å². The quantitative estimate of drug-likeness (QED) is 0.711. The first-order valence-corrected chi connectivity index (χ1v) is 9.82. The number of nitrogens with one attached hydrogen (secondary N) is 1. The Morgan fingerprint density at radius 2 is 2.14 bits per heavy atom. The van der Waals surface area contributed by atoms with Crippen LogP contribution in [-0.2, 0) is 25.0 Å². The summed E-state index contributed by atoms with van der Waals surface area (Å²) in [5, 5.41) is 10.1. The summed E-state index contributed by atoms with van der Waals surface area (Å²) in [5.74, 6) is -0.789. The molecule has 2 aliphatic heterocycles. The SMILES string of the molecule is O=c1[nH]c(=O)n([C@H]2C[C@H](O)[C@@H](COP3(=O)OCc4ccccc4O3)O2)cc1F. The van der Waals surface area contributed by atoms with Gasteiger partial charge >= 0.3 is 13.5 Å². The van der Waals surface area contributed by atoms with E-state index in [1.165, 1.54) is 0 Å². The van der Waals surface area contributed by atoms with Crippen molar-refractivity contribution in [2.45, 2.75) is 31.5 Å². The van der Waals surface area contributed by atoms with Gasteiger partial charge in [-0.2, -0.15) is 4.39 Å². The van der Waals surface area contributed by atoms with Crippen molar-refractivity contribution in [2.24, 2.45) is 0 Å². The number of para-hydroxylation sites is 1. The van der Waals surface area contributed by atoms with Gasteiger partial charge in [-0.15, -0.1) is 0 Å². The highest BCUT2D eigenvalue weighted by molar-refractivity contribution is 7.49. The van der Waals surface area contributed by atoms with E-state index in [0.717, 1.165) is 4.57 Å². The zero-order valence-electron chi connectivity index (χ0n) is 14.3. The first-order valence-electron chi connectivity index (χ1n) is 8.36. The second kappa shape index (κ2) is 7.26. The monoisotopic (exact) mass is 414 g/mol. The molecule has 10 nitrogen and oxygen atoms in total. The minimum absolute atomic E-state index is 0.0379. The summed E-state index contributed by atoms with van der Waals surface area (Å²) >= 11 is 0. The molecule has 0 saturated carbocycles. The van der Waals surface area contributed by atoms with E-state index in [-0.39, 0.29) is 19.6 Å².